The number of amides is 1. The fourth-order valence-electron chi connectivity index (χ4n) is 6.06. The first-order valence-corrected chi connectivity index (χ1v) is 10.2. The van der Waals surface area contributed by atoms with Crippen LogP contribution < -0.4 is 0 Å². The van der Waals surface area contributed by atoms with Crippen molar-refractivity contribution < 1.29 is 4.79 Å². The van der Waals surface area contributed by atoms with E-state index < -0.39 is 0 Å². The molecule has 2 nitrogen and oxygen atoms in total. The van der Waals surface area contributed by atoms with Crippen molar-refractivity contribution in [1.29, 1.82) is 0 Å². The van der Waals surface area contributed by atoms with Gasteiger partial charge in [0, 0.05) is 17.9 Å². The molecule has 3 heteroatoms. The minimum absolute atomic E-state index is 0.0661. The molecule has 0 spiro atoms. The summed E-state index contributed by atoms with van der Waals surface area (Å²) in [6, 6.07) is 0.574. The number of nitrogens with zero attached hydrogens (tertiary/aromatic N) is 1. The van der Waals surface area contributed by atoms with Crippen LogP contribution in [0.1, 0.15) is 64.2 Å². The van der Waals surface area contributed by atoms with Gasteiger partial charge in [-0.3, -0.25) is 4.79 Å². The van der Waals surface area contributed by atoms with Crippen molar-refractivity contribution in [2.45, 2.75) is 70.3 Å². The second-order valence-corrected chi connectivity index (χ2v) is 9.12. The van der Waals surface area contributed by atoms with Crippen LogP contribution >= 0.6 is 15.9 Å². The number of carbonyl (C=O) groups excluding carboxylic acids is 1. The van der Waals surface area contributed by atoms with Crippen molar-refractivity contribution >= 4 is 21.8 Å². The van der Waals surface area contributed by atoms with Gasteiger partial charge in [0.25, 0.3) is 0 Å². The SMILES string of the molecule is O=C(N(CCCBr)C1CCC1)C12CC3CC(CC(C3)C1)C2. The molecule has 0 heterocycles. The van der Waals surface area contributed by atoms with Gasteiger partial charge in [-0.15, -0.1) is 0 Å². The van der Waals surface area contributed by atoms with Gasteiger partial charge in [0.05, 0.1) is 5.41 Å². The van der Waals surface area contributed by atoms with Gasteiger partial charge in [-0.25, -0.2) is 0 Å². The van der Waals surface area contributed by atoms with E-state index in [9.17, 15) is 4.79 Å². The molecule has 0 aliphatic heterocycles. The maximum absolute atomic E-state index is 13.4. The first kappa shape index (κ1) is 14.5. The highest BCUT2D eigenvalue weighted by Crippen LogP contribution is 2.60. The summed E-state index contributed by atoms with van der Waals surface area (Å²) in [5.74, 6) is 3.19. The van der Waals surface area contributed by atoms with Crippen LogP contribution in [0.2, 0.25) is 0 Å². The van der Waals surface area contributed by atoms with Crippen LogP contribution in [0.4, 0.5) is 0 Å². The molecule has 0 aromatic rings. The molecular weight excluding hydrogens is 326 g/mol. The van der Waals surface area contributed by atoms with Crippen molar-refractivity contribution in [3.63, 3.8) is 0 Å². The van der Waals surface area contributed by atoms with Gasteiger partial charge in [0.15, 0.2) is 0 Å². The summed E-state index contributed by atoms with van der Waals surface area (Å²) in [5.41, 5.74) is 0.0661. The van der Waals surface area contributed by atoms with Crippen molar-refractivity contribution in [1.82, 2.24) is 4.90 Å². The smallest absolute Gasteiger partial charge is 0.229 e. The second kappa shape index (κ2) is 5.54. The third-order valence-corrected chi connectivity index (χ3v) is 7.36. The van der Waals surface area contributed by atoms with Gasteiger partial charge >= 0.3 is 0 Å². The summed E-state index contributed by atoms with van der Waals surface area (Å²) in [6.45, 7) is 0.983. The highest BCUT2D eigenvalue weighted by atomic mass is 79.9. The highest BCUT2D eigenvalue weighted by Gasteiger charge is 2.56. The normalized spacial score (nSPS) is 41.1. The predicted molar refractivity (Wildman–Crippen MR) is 88.4 cm³/mol. The number of halogens is 1. The molecule has 0 aromatic heterocycles. The summed E-state index contributed by atoms with van der Waals surface area (Å²) < 4.78 is 0. The summed E-state index contributed by atoms with van der Waals surface area (Å²) >= 11 is 3.54. The van der Waals surface area contributed by atoms with Crippen LogP contribution in [0.25, 0.3) is 0 Å². The molecule has 21 heavy (non-hydrogen) atoms. The van der Waals surface area contributed by atoms with Gasteiger partial charge in [0.1, 0.15) is 0 Å². The summed E-state index contributed by atoms with van der Waals surface area (Å²) in [6.07, 6.45) is 12.9. The summed E-state index contributed by atoms with van der Waals surface area (Å²) in [5, 5.41) is 1.02. The molecule has 0 saturated heterocycles. The molecule has 0 atom stereocenters. The summed E-state index contributed by atoms with van der Waals surface area (Å²) in [4.78, 5) is 15.8. The molecule has 5 fully saturated rings. The van der Waals surface area contributed by atoms with Gasteiger partial charge in [-0.1, -0.05) is 15.9 Å². The van der Waals surface area contributed by atoms with Crippen molar-refractivity contribution in [3.05, 3.63) is 0 Å². The average molecular weight is 354 g/mol. The lowest BCUT2D eigenvalue weighted by atomic mass is 9.49. The Labute approximate surface area is 137 Å². The van der Waals surface area contributed by atoms with Crippen LogP contribution in [0.5, 0.6) is 0 Å². The lowest BCUT2D eigenvalue weighted by molar-refractivity contribution is -0.161. The maximum Gasteiger partial charge on any atom is 0.229 e. The predicted octanol–water partition coefficient (Wildman–Crippen LogP) is 4.37. The van der Waals surface area contributed by atoms with Gasteiger partial charge in [0.2, 0.25) is 5.91 Å². The number of carbonyl (C=O) groups is 1. The van der Waals surface area contributed by atoms with Crippen LogP contribution in [0, 0.1) is 23.2 Å². The monoisotopic (exact) mass is 353 g/mol. The molecule has 1 amide bonds. The quantitative estimate of drug-likeness (QED) is 0.672. The number of rotatable bonds is 5. The molecule has 5 aliphatic carbocycles. The molecule has 5 rings (SSSR count). The third kappa shape index (κ3) is 2.48. The number of alkyl halides is 1. The molecule has 118 valence electrons. The van der Waals surface area contributed by atoms with E-state index in [4.69, 9.17) is 0 Å². The average Bonchev–Trinajstić information content (AvgIpc) is 2.39. The Hall–Kier alpha value is -0.0500. The first-order valence-electron chi connectivity index (χ1n) is 9.07. The Kier molecular flexibility index (Phi) is 3.84. The van der Waals surface area contributed by atoms with Crippen LogP contribution in [-0.2, 0) is 4.79 Å². The summed E-state index contributed by atoms with van der Waals surface area (Å²) in [7, 11) is 0. The Balaban J connectivity index is 1.54. The molecule has 5 saturated carbocycles. The van der Waals surface area contributed by atoms with E-state index in [0.29, 0.717) is 11.9 Å². The zero-order valence-corrected chi connectivity index (χ0v) is 14.6. The van der Waals surface area contributed by atoms with Crippen LogP contribution in [-0.4, -0.2) is 28.7 Å². The Morgan fingerprint density at radius 1 is 1.05 bits per heavy atom. The van der Waals surface area contributed by atoms with Gasteiger partial charge in [-0.2, -0.15) is 0 Å². The van der Waals surface area contributed by atoms with E-state index in [1.54, 1.807) is 0 Å². The molecule has 0 aromatic carbocycles. The molecule has 0 radical (unpaired) electrons. The van der Waals surface area contributed by atoms with Gasteiger partial charge < -0.3 is 4.90 Å². The number of hydrogen-bond acceptors (Lipinski definition) is 1. The van der Waals surface area contributed by atoms with Crippen LogP contribution in [0.3, 0.4) is 0 Å². The molecular formula is C18H28BrNO. The zero-order valence-electron chi connectivity index (χ0n) is 13.0. The Bertz CT molecular complexity index is 382. The highest BCUT2D eigenvalue weighted by molar-refractivity contribution is 9.09. The minimum atomic E-state index is 0.0661. The van der Waals surface area contributed by atoms with E-state index in [2.05, 4.69) is 20.8 Å². The van der Waals surface area contributed by atoms with Crippen LogP contribution in [0.15, 0.2) is 0 Å². The van der Waals surface area contributed by atoms with E-state index in [0.717, 1.165) is 36.0 Å². The maximum atomic E-state index is 13.4. The van der Waals surface area contributed by atoms with Crippen molar-refractivity contribution in [2.24, 2.45) is 23.2 Å². The van der Waals surface area contributed by atoms with E-state index >= 15 is 0 Å². The fourth-order valence-corrected chi connectivity index (χ4v) is 6.31. The number of hydrogen-bond donors (Lipinski definition) is 0. The largest absolute Gasteiger partial charge is 0.339 e. The standard InChI is InChI=1S/C18H28BrNO/c19-5-2-6-20(16-3-1-4-16)17(21)18-10-13-7-14(11-18)9-15(8-13)12-18/h13-16H,1-12H2. The third-order valence-electron chi connectivity index (χ3n) is 6.80. The molecule has 5 aliphatic rings. The minimum Gasteiger partial charge on any atom is -0.339 e. The zero-order chi connectivity index (χ0) is 14.4. The van der Waals surface area contributed by atoms with E-state index in [-0.39, 0.29) is 5.41 Å². The molecule has 0 N–H and O–H groups in total. The second-order valence-electron chi connectivity index (χ2n) is 8.32. The lowest BCUT2D eigenvalue weighted by Gasteiger charge is -2.57. The topological polar surface area (TPSA) is 20.3 Å². The molecule has 0 unspecified atom stereocenters. The first-order chi connectivity index (χ1) is 10.2. The Morgan fingerprint density at radius 3 is 2.05 bits per heavy atom. The van der Waals surface area contributed by atoms with E-state index in [1.807, 2.05) is 0 Å². The fraction of sp³-hybridized carbons (Fsp3) is 0.944. The Morgan fingerprint density at radius 2 is 1.62 bits per heavy atom. The van der Waals surface area contributed by atoms with Crippen molar-refractivity contribution in [3.8, 4) is 0 Å². The van der Waals surface area contributed by atoms with E-state index in [1.165, 1.54) is 57.8 Å². The van der Waals surface area contributed by atoms with Gasteiger partial charge in [-0.05, 0) is 82.0 Å². The molecule has 4 bridgehead atoms. The lowest BCUT2D eigenvalue weighted by Crippen LogP contribution is -2.57. The van der Waals surface area contributed by atoms with Crippen molar-refractivity contribution in [2.75, 3.05) is 11.9 Å².